The molecule has 5 nitrogen and oxygen atoms in total. The lowest BCUT2D eigenvalue weighted by atomic mass is 10.3. The van der Waals surface area contributed by atoms with Crippen LogP contribution in [0.4, 0.5) is 5.69 Å². The van der Waals surface area contributed by atoms with Gasteiger partial charge in [0, 0.05) is 24.9 Å². The van der Waals surface area contributed by atoms with Crippen molar-refractivity contribution in [3.8, 4) is 0 Å². The smallest absolute Gasteiger partial charge is 0.267 e. The monoisotopic (exact) mass is 401 g/mol. The molecule has 3 rings (SSSR count). The lowest BCUT2D eigenvalue weighted by molar-refractivity contribution is -0.113. The van der Waals surface area contributed by atoms with Gasteiger partial charge in [0.25, 0.3) is 5.56 Å². The van der Waals surface area contributed by atoms with E-state index in [9.17, 15) is 9.59 Å². The van der Waals surface area contributed by atoms with E-state index < -0.39 is 0 Å². The number of benzene rings is 1. The number of nitrogens with one attached hydrogen (secondary N) is 1. The van der Waals surface area contributed by atoms with Gasteiger partial charge in [0.05, 0.1) is 26.4 Å². The minimum absolute atomic E-state index is 0.0464. The van der Waals surface area contributed by atoms with E-state index in [2.05, 4.69) is 10.3 Å². The van der Waals surface area contributed by atoms with Crippen LogP contribution >= 0.6 is 46.7 Å². The Hall–Kier alpha value is -1.15. The largest absolute Gasteiger partial charge is 0.325 e. The Kier molecular flexibility index (Phi) is 5.44. The number of carbonyl (C=O) groups is 1. The summed E-state index contributed by atoms with van der Waals surface area (Å²) in [6.07, 6.45) is 0.791. The Morgan fingerprint density at radius 1 is 1.42 bits per heavy atom. The summed E-state index contributed by atoms with van der Waals surface area (Å²) in [5, 5.41) is 4.10. The van der Waals surface area contributed by atoms with E-state index in [1.54, 1.807) is 25.2 Å². The van der Waals surface area contributed by atoms with Crippen LogP contribution in [-0.4, -0.2) is 27.0 Å². The van der Waals surface area contributed by atoms with E-state index in [4.69, 9.17) is 23.2 Å². The molecular formula is C15H13Cl2N3O2S2. The van der Waals surface area contributed by atoms with Crippen molar-refractivity contribution in [2.75, 3.05) is 16.8 Å². The molecule has 126 valence electrons. The standard InChI is InChI=1S/C15H13Cl2N3O2S2/c1-20-14(22)13-11(4-5-23-13)19-15(20)24-7-12(21)18-8-2-3-9(16)10(17)6-8/h2-3,6H,4-5,7H2,1H3,(H,18,21). The highest BCUT2D eigenvalue weighted by Gasteiger charge is 2.20. The molecule has 0 fully saturated rings. The zero-order valence-electron chi connectivity index (χ0n) is 12.6. The quantitative estimate of drug-likeness (QED) is 0.627. The molecule has 1 aromatic carbocycles. The molecule has 0 spiro atoms. The molecule has 0 unspecified atom stereocenters. The van der Waals surface area contributed by atoms with Crippen LogP contribution in [-0.2, 0) is 18.3 Å². The predicted octanol–water partition coefficient (Wildman–Crippen LogP) is 3.47. The second-order valence-corrected chi connectivity index (χ2v) is 7.96. The third kappa shape index (κ3) is 3.74. The highest BCUT2D eigenvalue weighted by Crippen LogP contribution is 2.28. The van der Waals surface area contributed by atoms with E-state index in [0.29, 0.717) is 20.9 Å². The van der Waals surface area contributed by atoms with E-state index in [1.807, 2.05) is 0 Å². The van der Waals surface area contributed by atoms with E-state index in [1.165, 1.54) is 28.1 Å². The van der Waals surface area contributed by atoms with Gasteiger partial charge in [-0.1, -0.05) is 35.0 Å². The number of nitrogens with zero attached hydrogens (tertiary/aromatic N) is 2. The van der Waals surface area contributed by atoms with Gasteiger partial charge in [0.2, 0.25) is 5.91 Å². The molecule has 0 saturated heterocycles. The van der Waals surface area contributed by atoms with Crippen molar-refractivity contribution >= 4 is 58.3 Å². The predicted molar refractivity (Wildman–Crippen MR) is 99.7 cm³/mol. The molecule has 1 aliphatic rings. The van der Waals surface area contributed by atoms with E-state index in [-0.39, 0.29) is 17.2 Å². The van der Waals surface area contributed by atoms with Crippen molar-refractivity contribution in [3.63, 3.8) is 0 Å². The van der Waals surface area contributed by atoms with Gasteiger partial charge in [-0.25, -0.2) is 4.98 Å². The summed E-state index contributed by atoms with van der Waals surface area (Å²) < 4.78 is 1.49. The van der Waals surface area contributed by atoms with Gasteiger partial charge in [-0.05, 0) is 18.2 Å². The Labute approximate surface area is 157 Å². The summed E-state index contributed by atoms with van der Waals surface area (Å²) in [6, 6.07) is 4.89. The van der Waals surface area contributed by atoms with E-state index >= 15 is 0 Å². The average Bonchev–Trinajstić information content (AvgIpc) is 3.01. The van der Waals surface area contributed by atoms with Crippen LogP contribution in [0.15, 0.2) is 33.0 Å². The number of anilines is 1. The normalized spacial score (nSPS) is 13.0. The Morgan fingerprint density at radius 2 is 2.21 bits per heavy atom. The topological polar surface area (TPSA) is 64.0 Å². The number of amides is 1. The van der Waals surface area contributed by atoms with Crippen LogP contribution in [0.3, 0.4) is 0 Å². The number of aromatic nitrogens is 2. The SMILES string of the molecule is Cn1c(SCC(=O)Nc2ccc(Cl)c(Cl)c2)nc2c(c1=O)SCC2. The maximum absolute atomic E-state index is 12.2. The summed E-state index contributed by atoms with van der Waals surface area (Å²) in [5.41, 5.74) is 1.35. The van der Waals surface area contributed by atoms with Gasteiger partial charge in [-0.15, -0.1) is 11.8 Å². The zero-order chi connectivity index (χ0) is 17.3. The van der Waals surface area contributed by atoms with Crippen molar-refractivity contribution in [2.45, 2.75) is 16.5 Å². The van der Waals surface area contributed by atoms with Crippen molar-refractivity contribution in [1.29, 1.82) is 0 Å². The molecule has 0 saturated carbocycles. The van der Waals surface area contributed by atoms with Gasteiger partial charge < -0.3 is 5.32 Å². The molecule has 1 aromatic heterocycles. The fraction of sp³-hybridized carbons (Fsp3) is 0.267. The summed E-state index contributed by atoms with van der Waals surface area (Å²) in [5.74, 6) is 0.818. The Balaban J connectivity index is 1.67. The molecule has 0 atom stereocenters. The van der Waals surface area contributed by atoms with Crippen LogP contribution in [0.2, 0.25) is 10.0 Å². The maximum atomic E-state index is 12.2. The Morgan fingerprint density at radius 3 is 2.96 bits per heavy atom. The van der Waals surface area contributed by atoms with Gasteiger partial charge >= 0.3 is 0 Å². The third-order valence-electron chi connectivity index (χ3n) is 3.40. The number of thioether (sulfide) groups is 2. The average molecular weight is 402 g/mol. The molecule has 0 aliphatic carbocycles. The molecule has 1 aliphatic heterocycles. The molecule has 24 heavy (non-hydrogen) atoms. The molecule has 0 radical (unpaired) electrons. The molecule has 0 bridgehead atoms. The number of fused-ring (bicyclic) bond motifs is 1. The highest BCUT2D eigenvalue weighted by atomic mass is 35.5. The fourth-order valence-corrected chi connectivity index (χ4v) is 4.35. The fourth-order valence-electron chi connectivity index (χ4n) is 2.20. The first kappa shape index (κ1) is 17.7. The van der Waals surface area contributed by atoms with Crippen molar-refractivity contribution in [2.24, 2.45) is 7.05 Å². The first-order valence-corrected chi connectivity index (χ1v) is 9.79. The second kappa shape index (κ2) is 7.39. The van der Waals surface area contributed by atoms with Crippen LogP contribution < -0.4 is 10.9 Å². The summed E-state index contributed by atoms with van der Waals surface area (Å²) >= 11 is 14.5. The Bertz CT molecular complexity index is 871. The minimum atomic E-state index is -0.206. The van der Waals surface area contributed by atoms with Crippen LogP contribution in [0, 0.1) is 0 Å². The second-order valence-electron chi connectivity index (χ2n) is 5.10. The molecule has 2 aromatic rings. The van der Waals surface area contributed by atoms with Crippen LogP contribution in [0.5, 0.6) is 0 Å². The number of hydrogen-bond acceptors (Lipinski definition) is 5. The van der Waals surface area contributed by atoms with Crippen molar-refractivity contribution in [1.82, 2.24) is 9.55 Å². The van der Waals surface area contributed by atoms with Gasteiger partial charge in [-0.2, -0.15) is 0 Å². The van der Waals surface area contributed by atoms with E-state index in [0.717, 1.165) is 22.8 Å². The van der Waals surface area contributed by atoms with Crippen LogP contribution in [0.1, 0.15) is 5.69 Å². The number of aryl methyl sites for hydroxylation is 1. The van der Waals surface area contributed by atoms with Gasteiger partial charge in [0.1, 0.15) is 0 Å². The lowest BCUT2D eigenvalue weighted by Gasteiger charge is -2.10. The first-order valence-electron chi connectivity index (χ1n) is 7.06. The lowest BCUT2D eigenvalue weighted by Crippen LogP contribution is -2.23. The molecule has 9 heteroatoms. The maximum Gasteiger partial charge on any atom is 0.267 e. The molecule has 1 amide bonds. The zero-order valence-corrected chi connectivity index (χ0v) is 15.8. The third-order valence-corrected chi connectivity index (χ3v) is 6.28. The summed E-state index contributed by atoms with van der Waals surface area (Å²) in [7, 11) is 1.67. The minimum Gasteiger partial charge on any atom is -0.325 e. The first-order chi connectivity index (χ1) is 11.5. The number of hydrogen-bond donors (Lipinski definition) is 1. The number of rotatable bonds is 4. The molecular weight excluding hydrogens is 389 g/mol. The summed E-state index contributed by atoms with van der Waals surface area (Å²) in [4.78, 5) is 29.6. The highest BCUT2D eigenvalue weighted by molar-refractivity contribution is 8.00. The molecule has 1 N–H and O–H groups in total. The number of carbonyl (C=O) groups excluding carboxylic acids is 1. The van der Waals surface area contributed by atoms with Gasteiger partial charge in [-0.3, -0.25) is 14.2 Å². The van der Waals surface area contributed by atoms with Gasteiger partial charge in [0.15, 0.2) is 5.16 Å². The number of halogens is 2. The van der Waals surface area contributed by atoms with Crippen molar-refractivity contribution in [3.05, 3.63) is 44.3 Å². The molecule has 2 heterocycles. The van der Waals surface area contributed by atoms with Crippen LogP contribution in [0.25, 0.3) is 0 Å². The summed E-state index contributed by atoms with van der Waals surface area (Å²) in [6.45, 7) is 0. The van der Waals surface area contributed by atoms with Crippen molar-refractivity contribution < 1.29 is 4.79 Å².